The second-order valence-electron chi connectivity index (χ2n) is 15.7. The van der Waals surface area contributed by atoms with E-state index in [2.05, 4.69) is 35.0 Å². The largest absolute Gasteiger partial charge is 0.390 e. The van der Waals surface area contributed by atoms with Gasteiger partial charge in [-0.1, -0.05) is 21.3 Å². The first-order valence-corrected chi connectivity index (χ1v) is 20.4. The van der Waals surface area contributed by atoms with Crippen LogP contribution in [0.15, 0.2) is 22.2 Å². The second-order valence-corrected chi connectivity index (χ2v) is 17.9. The zero-order chi connectivity index (χ0) is 44.3. The Labute approximate surface area is 345 Å². The molecular weight excluding hydrogens is 839 g/mol. The number of fused-ring (bicyclic) bond motifs is 4. The van der Waals surface area contributed by atoms with Gasteiger partial charge in [0.1, 0.15) is 25.4 Å². The highest BCUT2D eigenvalue weighted by atomic mass is 31.2. The van der Waals surface area contributed by atoms with Gasteiger partial charge in [0.2, 0.25) is 11.9 Å². The summed E-state index contributed by atoms with van der Waals surface area (Å²) in [5, 5.41) is 12.3. The van der Waals surface area contributed by atoms with E-state index in [1.54, 1.807) is 27.7 Å². The maximum Gasteiger partial charge on any atom is 0.373 e. The Morgan fingerprint density at radius 3 is 1.67 bits per heavy atom. The molecule has 4 saturated heterocycles. The van der Waals surface area contributed by atoms with Gasteiger partial charge in [-0.15, -0.1) is 0 Å². The lowest BCUT2D eigenvalue weighted by Gasteiger charge is -2.30. The van der Waals surface area contributed by atoms with Gasteiger partial charge in [0, 0.05) is 12.7 Å². The summed E-state index contributed by atoms with van der Waals surface area (Å²) in [4.78, 5) is 61.1. The van der Waals surface area contributed by atoms with Crippen LogP contribution in [0.2, 0.25) is 0 Å². The van der Waals surface area contributed by atoms with Crippen LogP contribution in [-0.4, -0.2) is 124 Å². The fraction of sp³-hybridized carbons (Fsp3) is 0.676. The summed E-state index contributed by atoms with van der Waals surface area (Å²) in [5.74, 6) is -7.16. The van der Waals surface area contributed by atoms with E-state index in [1.165, 1.54) is 28.5 Å². The van der Waals surface area contributed by atoms with Gasteiger partial charge in [-0.2, -0.15) is 19.6 Å². The zero-order valence-corrected chi connectivity index (χ0v) is 34.5. The average Bonchev–Trinajstić information content (AvgIpc) is 3.97. The Morgan fingerprint density at radius 1 is 0.852 bits per heavy atom. The number of ether oxygens (including phenoxy) is 6. The third-order valence-electron chi connectivity index (χ3n) is 9.91. The van der Waals surface area contributed by atoms with Gasteiger partial charge in [-0.25, -0.2) is 23.8 Å². The van der Waals surface area contributed by atoms with Gasteiger partial charge in [0.25, 0.3) is 30.3 Å². The normalized spacial score (nSPS) is 31.0. The summed E-state index contributed by atoms with van der Waals surface area (Å²) in [7, 11) is -3.36. The predicted octanol–water partition coefficient (Wildman–Crippen LogP) is 1.35. The lowest BCUT2D eigenvalue weighted by atomic mass is 10.1. The number of H-pyrrole nitrogens is 2. The van der Waals surface area contributed by atoms with Crippen molar-refractivity contribution in [2.24, 2.45) is 5.92 Å². The number of hydrogen-bond donors (Lipinski definition) is 6. The maximum absolute atomic E-state index is 16.2. The third-order valence-corrected chi connectivity index (χ3v) is 11.4. The number of aromatic nitrogens is 8. The van der Waals surface area contributed by atoms with E-state index < -0.39 is 92.0 Å². The molecule has 338 valence electrons. The van der Waals surface area contributed by atoms with Crippen molar-refractivity contribution in [1.29, 1.82) is 0 Å². The molecule has 4 aromatic rings. The van der Waals surface area contributed by atoms with Crippen LogP contribution in [0.5, 0.6) is 0 Å². The number of nitrogens with one attached hydrogen (secondary N) is 3. The smallest absolute Gasteiger partial charge is 0.373 e. The van der Waals surface area contributed by atoms with Gasteiger partial charge in [-0.05, 0) is 40.5 Å². The molecule has 10 atom stereocenters. The van der Waals surface area contributed by atoms with E-state index in [1.807, 2.05) is 20.8 Å². The molecule has 27 heteroatoms. The summed E-state index contributed by atoms with van der Waals surface area (Å²) in [5.41, 5.74) is 10.4. The topological polar surface area (TPSA) is 327 Å². The number of nitrogen functional groups attached to an aromatic ring is 2. The molecule has 8 N–H and O–H groups in total. The first-order chi connectivity index (χ1) is 27.9. The van der Waals surface area contributed by atoms with E-state index in [-0.39, 0.29) is 59.8 Å². The Bertz CT molecular complexity index is 2440. The lowest BCUT2D eigenvalue weighted by Crippen LogP contribution is -2.43. The zero-order valence-electron chi connectivity index (χ0n) is 33.6. The van der Waals surface area contributed by atoms with Crippen molar-refractivity contribution in [1.82, 2.24) is 44.1 Å². The molecule has 8 rings (SSSR count). The van der Waals surface area contributed by atoms with Crippen molar-refractivity contribution >= 4 is 47.9 Å². The number of rotatable bonds is 9. The van der Waals surface area contributed by atoms with Crippen LogP contribution >= 0.6 is 7.52 Å². The van der Waals surface area contributed by atoms with Crippen molar-refractivity contribution < 1.29 is 61.0 Å². The molecule has 24 nitrogen and oxygen atoms in total. The molecule has 8 heterocycles. The van der Waals surface area contributed by atoms with Crippen LogP contribution in [0.1, 0.15) is 68.3 Å². The first kappa shape index (κ1) is 47.5. The fourth-order valence-corrected chi connectivity index (χ4v) is 8.57. The third kappa shape index (κ3) is 9.29. The van der Waals surface area contributed by atoms with Gasteiger partial charge in [0.05, 0.1) is 12.7 Å². The van der Waals surface area contributed by atoms with Crippen LogP contribution in [0.3, 0.4) is 0 Å². The molecule has 0 spiro atoms. The molecule has 0 aliphatic carbocycles. The molecule has 3 unspecified atom stereocenters. The van der Waals surface area contributed by atoms with E-state index in [4.69, 9.17) is 54.0 Å². The number of carbonyl (C=O) groups excluding carboxylic acids is 2. The Kier molecular flexibility index (Phi) is 13.2. The lowest BCUT2D eigenvalue weighted by molar-refractivity contribution is -0.264. The summed E-state index contributed by atoms with van der Waals surface area (Å²) in [6, 6.07) is -0.113. The molecule has 4 fully saturated rings. The summed E-state index contributed by atoms with van der Waals surface area (Å²) >= 11 is 0. The van der Waals surface area contributed by atoms with E-state index in [9.17, 15) is 23.7 Å². The highest BCUT2D eigenvalue weighted by Gasteiger charge is 2.66. The second kappa shape index (κ2) is 16.9. The van der Waals surface area contributed by atoms with Crippen molar-refractivity contribution in [3.05, 3.63) is 33.4 Å². The van der Waals surface area contributed by atoms with Crippen molar-refractivity contribution in [2.75, 3.05) is 31.3 Å². The molecular formula is C34H50F2N11O13P. The quantitative estimate of drug-likeness (QED) is 0.129. The SMILES string of the molecule is C.CC(C)[C@H](C)NP(C)(=O)OC[C@@]1(F)O[C@@H](n2cnc3c(=O)[nH]c(N)nc32)[C@H]2OC(C)(C)OC21.CC1(C)OC2[C@H](O1)[C@H](n1cnc3c(=O)[nH]c(N)nc31)O[C@]2(F)CO.O=C=O. The summed E-state index contributed by atoms with van der Waals surface area (Å²) < 4.78 is 86.3. The monoisotopic (exact) mass is 889 g/mol. The van der Waals surface area contributed by atoms with Crippen molar-refractivity contribution in [2.45, 2.75) is 122 Å². The number of aliphatic hydroxyl groups is 1. The molecule has 0 radical (unpaired) electrons. The Balaban J connectivity index is 0.000000222. The van der Waals surface area contributed by atoms with Gasteiger partial charge in [0.15, 0.2) is 58.6 Å². The molecule has 0 saturated carbocycles. The Morgan fingerprint density at radius 2 is 1.26 bits per heavy atom. The highest BCUT2D eigenvalue weighted by Crippen LogP contribution is 2.52. The number of hydrogen-bond acceptors (Lipinski definition) is 19. The van der Waals surface area contributed by atoms with Crippen molar-refractivity contribution in [3.63, 3.8) is 0 Å². The number of anilines is 2. The van der Waals surface area contributed by atoms with Crippen LogP contribution in [0, 0.1) is 5.92 Å². The van der Waals surface area contributed by atoms with Crippen molar-refractivity contribution in [3.8, 4) is 0 Å². The van der Waals surface area contributed by atoms with Crippen LogP contribution in [0.4, 0.5) is 20.7 Å². The van der Waals surface area contributed by atoms with Crippen LogP contribution < -0.4 is 27.7 Å². The molecule has 0 amide bonds. The van der Waals surface area contributed by atoms with E-state index in [0.29, 0.717) is 0 Å². The minimum atomic E-state index is -3.36. The minimum Gasteiger partial charge on any atom is -0.390 e. The molecule has 4 aliphatic heterocycles. The van der Waals surface area contributed by atoms with Gasteiger partial charge in [-0.3, -0.25) is 33.3 Å². The van der Waals surface area contributed by atoms with E-state index >= 15 is 4.39 Å². The predicted molar refractivity (Wildman–Crippen MR) is 206 cm³/mol. The molecule has 4 aromatic heterocycles. The van der Waals surface area contributed by atoms with Crippen LogP contribution in [0.25, 0.3) is 22.3 Å². The number of imidazole rings is 2. The maximum atomic E-state index is 16.2. The molecule has 0 aromatic carbocycles. The fourth-order valence-electron chi connectivity index (χ4n) is 7.03. The highest BCUT2D eigenvalue weighted by molar-refractivity contribution is 7.56. The van der Waals surface area contributed by atoms with Gasteiger partial charge < -0.3 is 49.5 Å². The molecule has 61 heavy (non-hydrogen) atoms. The number of aromatic amines is 2. The number of nitrogens with two attached hydrogens (primary N) is 2. The summed E-state index contributed by atoms with van der Waals surface area (Å²) in [6.45, 7) is 12.2. The summed E-state index contributed by atoms with van der Waals surface area (Å²) in [6.07, 6.45) is -3.42. The van der Waals surface area contributed by atoms with Gasteiger partial charge >= 0.3 is 6.15 Å². The van der Waals surface area contributed by atoms with Crippen LogP contribution in [-0.2, 0) is 47.1 Å². The average molecular weight is 890 g/mol. The standard InChI is InChI=1S/C19H30FN6O6P.C13H16FN5O5.CO2.CH4/c1-9(2)10(3)25-33(6,28)29-7-19(20)13-12(30-18(4,5)31-13)16(32-19)26-8-22-11-14(26)23-17(21)24-15(11)27;1-12(2)22-6-7(23-12)13(14,3-20)24-10(6)19-4-16-5-8(19)17-11(15)18-9(5)21;2-1-3;/h8-10,12-13,16H,7H2,1-6H3,(H,25,28)(H3,21,23,24,27);4,6-7,10,20H,3H2,1-2H3,(H3,15,17,18,21);;1H4/t10-,12-,13?,16+,19+,33?;6-,7?,10+,13+;;/m00../s1. The molecule has 4 aliphatic rings. The number of alkyl halides is 2. The number of halogens is 2. The number of nitrogens with zero attached hydrogens (tertiary/aromatic N) is 6. The van der Waals surface area contributed by atoms with E-state index in [0.717, 1.165) is 0 Å². The number of aliphatic hydroxyl groups excluding tert-OH is 1. The minimum absolute atomic E-state index is 0. The first-order valence-electron chi connectivity index (χ1n) is 18.4. The Hall–Kier alpha value is -4.59. The molecule has 0 bridgehead atoms.